The molecule has 0 bridgehead atoms. The second-order valence-corrected chi connectivity index (χ2v) is 5.46. The topological polar surface area (TPSA) is 28.2 Å². The molecule has 3 nitrogen and oxygen atoms in total. The van der Waals surface area contributed by atoms with Crippen LogP contribution in [-0.2, 0) is 6.54 Å². The van der Waals surface area contributed by atoms with E-state index >= 15 is 0 Å². The molecule has 3 heteroatoms. The number of nitrogens with zero attached hydrogens (tertiary/aromatic N) is 2. The number of benzene rings is 1. The van der Waals surface area contributed by atoms with E-state index < -0.39 is 0 Å². The molecule has 0 radical (unpaired) electrons. The minimum atomic E-state index is 0.358. The highest BCUT2D eigenvalue weighted by molar-refractivity contribution is 5.41. The van der Waals surface area contributed by atoms with Gasteiger partial charge in [0.25, 0.3) is 0 Å². The number of rotatable bonds is 7. The van der Waals surface area contributed by atoms with Crippen molar-refractivity contribution < 1.29 is 0 Å². The van der Waals surface area contributed by atoms with Crippen LogP contribution in [0.25, 0.3) is 0 Å². The molecule has 0 spiro atoms. The van der Waals surface area contributed by atoms with Crippen LogP contribution in [0.3, 0.4) is 0 Å². The molecule has 1 heterocycles. The van der Waals surface area contributed by atoms with Gasteiger partial charge in [0.15, 0.2) is 0 Å². The van der Waals surface area contributed by atoms with Gasteiger partial charge in [-0.25, -0.2) is 4.98 Å². The minimum absolute atomic E-state index is 0.358. The lowest BCUT2D eigenvalue weighted by atomic mass is 10.1. The fourth-order valence-corrected chi connectivity index (χ4v) is 2.33. The van der Waals surface area contributed by atoms with Crippen molar-refractivity contribution in [2.45, 2.75) is 32.9 Å². The lowest BCUT2D eigenvalue weighted by molar-refractivity contribution is 0.570. The summed E-state index contributed by atoms with van der Waals surface area (Å²) in [6.07, 6.45) is 3.05. The summed E-state index contributed by atoms with van der Waals surface area (Å²) in [5, 5.41) is 3.52. The maximum Gasteiger partial charge on any atom is 0.128 e. The van der Waals surface area contributed by atoms with Crippen LogP contribution >= 0.6 is 0 Å². The quantitative estimate of drug-likeness (QED) is 0.838. The summed E-state index contributed by atoms with van der Waals surface area (Å²) in [5.41, 5.74) is 2.58. The molecule has 2 aromatic rings. The molecule has 112 valence electrons. The van der Waals surface area contributed by atoms with Crippen molar-refractivity contribution in [3.63, 3.8) is 0 Å². The Kier molecular flexibility index (Phi) is 5.76. The molecule has 0 fully saturated rings. The van der Waals surface area contributed by atoms with Crippen molar-refractivity contribution >= 4 is 5.82 Å². The first-order valence-electron chi connectivity index (χ1n) is 7.65. The van der Waals surface area contributed by atoms with Crippen LogP contribution in [0, 0.1) is 0 Å². The largest absolute Gasteiger partial charge is 0.355 e. The van der Waals surface area contributed by atoms with Gasteiger partial charge in [0.2, 0.25) is 0 Å². The number of nitrogens with one attached hydrogen (secondary N) is 1. The van der Waals surface area contributed by atoms with E-state index in [0.717, 1.165) is 25.3 Å². The second kappa shape index (κ2) is 7.79. The molecule has 1 unspecified atom stereocenters. The summed E-state index contributed by atoms with van der Waals surface area (Å²) in [6.45, 7) is 6.30. The number of anilines is 1. The zero-order chi connectivity index (χ0) is 15.1. The summed E-state index contributed by atoms with van der Waals surface area (Å²) in [6, 6.07) is 15.1. The van der Waals surface area contributed by atoms with Gasteiger partial charge >= 0.3 is 0 Å². The first-order valence-corrected chi connectivity index (χ1v) is 7.65. The fourth-order valence-electron chi connectivity index (χ4n) is 2.33. The minimum Gasteiger partial charge on any atom is -0.355 e. The molecule has 0 aliphatic rings. The summed E-state index contributed by atoms with van der Waals surface area (Å²) in [4.78, 5) is 6.68. The fraction of sp³-hybridized carbons (Fsp3) is 0.389. The second-order valence-electron chi connectivity index (χ2n) is 5.46. The van der Waals surface area contributed by atoms with Crippen molar-refractivity contribution in [2.24, 2.45) is 0 Å². The van der Waals surface area contributed by atoms with Gasteiger partial charge in [-0.15, -0.1) is 0 Å². The third-order valence-electron chi connectivity index (χ3n) is 3.62. The molecular formula is C18H25N3. The average Bonchev–Trinajstić information content (AvgIpc) is 2.53. The van der Waals surface area contributed by atoms with Crippen LogP contribution in [0.15, 0.2) is 48.7 Å². The zero-order valence-corrected chi connectivity index (χ0v) is 13.2. The number of pyridine rings is 1. The Balaban J connectivity index is 2.06. The van der Waals surface area contributed by atoms with Crippen molar-refractivity contribution in [3.8, 4) is 0 Å². The van der Waals surface area contributed by atoms with Crippen molar-refractivity contribution in [3.05, 3.63) is 59.8 Å². The Bertz CT molecular complexity index is 539. The Hall–Kier alpha value is -1.87. The first-order chi connectivity index (χ1) is 10.2. The summed E-state index contributed by atoms with van der Waals surface area (Å²) in [5.74, 6) is 1.02. The molecule has 0 amide bonds. The van der Waals surface area contributed by atoms with Gasteiger partial charge in [0.1, 0.15) is 5.82 Å². The van der Waals surface area contributed by atoms with Crippen LogP contribution < -0.4 is 10.2 Å². The van der Waals surface area contributed by atoms with Gasteiger partial charge in [0.05, 0.1) is 0 Å². The monoisotopic (exact) mass is 283 g/mol. The van der Waals surface area contributed by atoms with Gasteiger partial charge in [0, 0.05) is 25.8 Å². The normalized spacial score (nSPS) is 12.1. The molecule has 0 aliphatic carbocycles. The van der Waals surface area contributed by atoms with E-state index in [9.17, 15) is 0 Å². The van der Waals surface area contributed by atoms with E-state index in [2.05, 4.69) is 72.5 Å². The lowest BCUT2D eigenvalue weighted by Crippen LogP contribution is -2.21. The number of aromatic nitrogens is 1. The highest BCUT2D eigenvalue weighted by atomic mass is 15.2. The Labute approximate surface area is 128 Å². The van der Waals surface area contributed by atoms with Crippen molar-refractivity contribution in [1.29, 1.82) is 0 Å². The molecule has 0 aliphatic heterocycles. The first kappa shape index (κ1) is 15.5. The van der Waals surface area contributed by atoms with Crippen molar-refractivity contribution in [1.82, 2.24) is 10.3 Å². The maximum absolute atomic E-state index is 4.50. The number of hydrogen-bond donors (Lipinski definition) is 1. The van der Waals surface area contributed by atoms with Gasteiger partial charge in [-0.1, -0.05) is 37.3 Å². The van der Waals surface area contributed by atoms with E-state index in [1.807, 2.05) is 12.3 Å². The van der Waals surface area contributed by atoms with E-state index in [1.54, 1.807) is 0 Å². The van der Waals surface area contributed by atoms with E-state index in [4.69, 9.17) is 0 Å². The summed E-state index contributed by atoms with van der Waals surface area (Å²) < 4.78 is 0. The van der Waals surface area contributed by atoms with E-state index in [-0.39, 0.29) is 0 Å². The zero-order valence-electron chi connectivity index (χ0n) is 13.2. The predicted octanol–water partition coefficient (Wildman–Crippen LogP) is 3.78. The Morgan fingerprint density at radius 3 is 2.67 bits per heavy atom. The third kappa shape index (κ3) is 4.57. The van der Waals surface area contributed by atoms with Gasteiger partial charge in [-0.3, -0.25) is 0 Å². The van der Waals surface area contributed by atoms with Crippen LogP contribution in [-0.4, -0.2) is 18.6 Å². The van der Waals surface area contributed by atoms with E-state index in [1.165, 1.54) is 11.1 Å². The molecular weight excluding hydrogens is 258 g/mol. The smallest absolute Gasteiger partial charge is 0.128 e. The van der Waals surface area contributed by atoms with Crippen molar-refractivity contribution in [2.75, 3.05) is 18.5 Å². The molecule has 2 rings (SSSR count). The highest BCUT2D eigenvalue weighted by Crippen LogP contribution is 2.18. The Morgan fingerprint density at radius 2 is 1.95 bits per heavy atom. The average molecular weight is 283 g/mol. The number of hydrogen-bond acceptors (Lipinski definition) is 3. The lowest BCUT2D eigenvalue weighted by Gasteiger charge is -2.20. The van der Waals surface area contributed by atoms with Crippen LogP contribution in [0.2, 0.25) is 0 Å². The maximum atomic E-state index is 4.50. The standard InChI is InChI=1S/C18H25N3/c1-4-11-19-15(2)17-10-12-20-18(13-17)21(3)14-16-8-6-5-7-9-16/h5-10,12-13,15,19H,4,11,14H2,1-3H3. The van der Waals surface area contributed by atoms with Gasteiger partial charge < -0.3 is 10.2 Å². The molecule has 0 saturated carbocycles. The third-order valence-corrected chi connectivity index (χ3v) is 3.62. The SMILES string of the molecule is CCCNC(C)c1ccnc(N(C)Cc2ccccc2)c1. The van der Waals surface area contributed by atoms with Crippen LogP contribution in [0.5, 0.6) is 0 Å². The van der Waals surface area contributed by atoms with Gasteiger partial charge in [-0.05, 0) is 43.1 Å². The molecule has 1 N–H and O–H groups in total. The predicted molar refractivity (Wildman–Crippen MR) is 89.5 cm³/mol. The Morgan fingerprint density at radius 1 is 1.19 bits per heavy atom. The molecule has 1 aromatic heterocycles. The van der Waals surface area contributed by atoms with Crippen LogP contribution in [0.4, 0.5) is 5.82 Å². The summed E-state index contributed by atoms with van der Waals surface area (Å²) in [7, 11) is 2.09. The van der Waals surface area contributed by atoms with Gasteiger partial charge in [-0.2, -0.15) is 0 Å². The summed E-state index contributed by atoms with van der Waals surface area (Å²) >= 11 is 0. The molecule has 1 atom stereocenters. The van der Waals surface area contributed by atoms with Crippen LogP contribution in [0.1, 0.15) is 37.4 Å². The van der Waals surface area contributed by atoms with E-state index in [0.29, 0.717) is 6.04 Å². The molecule has 0 saturated heterocycles. The highest BCUT2D eigenvalue weighted by Gasteiger charge is 2.08. The molecule has 21 heavy (non-hydrogen) atoms. The molecule has 1 aromatic carbocycles.